The molecule has 0 saturated heterocycles. The molecular formula is C25H20FNO3. The van der Waals surface area contributed by atoms with E-state index in [1.807, 2.05) is 48.2 Å². The van der Waals surface area contributed by atoms with Gasteiger partial charge in [0.1, 0.15) is 22.7 Å². The Kier molecular flexibility index (Phi) is 4.31. The number of aryl methyl sites for hydroxylation is 1. The van der Waals surface area contributed by atoms with Gasteiger partial charge in [-0.25, -0.2) is 9.18 Å². The molecule has 150 valence electrons. The molecule has 0 aliphatic carbocycles. The van der Waals surface area contributed by atoms with E-state index in [0.29, 0.717) is 17.5 Å². The largest absolute Gasteiger partial charge is 0.507 e. The number of halogens is 1. The Morgan fingerprint density at radius 2 is 1.83 bits per heavy atom. The van der Waals surface area contributed by atoms with E-state index < -0.39 is 11.7 Å². The number of rotatable bonds is 2. The molecule has 0 saturated carbocycles. The average Bonchev–Trinajstić information content (AvgIpc) is 2.75. The van der Waals surface area contributed by atoms with Crippen LogP contribution in [-0.2, 0) is 6.42 Å². The summed E-state index contributed by atoms with van der Waals surface area (Å²) in [6, 6.07) is 18.9. The summed E-state index contributed by atoms with van der Waals surface area (Å²) in [4.78, 5) is 15.1. The first-order valence-corrected chi connectivity index (χ1v) is 9.89. The van der Waals surface area contributed by atoms with Crippen molar-refractivity contribution in [3.63, 3.8) is 0 Å². The molecule has 1 aromatic heterocycles. The van der Waals surface area contributed by atoms with E-state index in [-0.39, 0.29) is 17.1 Å². The highest BCUT2D eigenvalue weighted by molar-refractivity contribution is 5.85. The number of benzene rings is 3. The van der Waals surface area contributed by atoms with E-state index in [2.05, 4.69) is 0 Å². The zero-order valence-electron chi connectivity index (χ0n) is 16.4. The molecule has 30 heavy (non-hydrogen) atoms. The molecule has 5 heteroatoms. The van der Waals surface area contributed by atoms with Gasteiger partial charge in [-0.2, -0.15) is 0 Å². The molecular weight excluding hydrogens is 381 g/mol. The van der Waals surface area contributed by atoms with Crippen LogP contribution >= 0.6 is 0 Å². The van der Waals surface area contributed by atoms with Crippen LogP contribution in [0.4, 0.5) is 10.1 Å². The van der Waals surface area contributed by atoms with Crippen molar-refractivity contribution in [1.82, 2.24) is 0 Å². The minimum atomic E-state index is -0.572. The molecule has 4 aromatic rings. The molecule has 2 heterocycles. The monoisotopic (exact) mass is 401 g/mol. The van der Waals surface area contributed by atoms with Crippen LogP contribution in [0.1, 0.15) is 28.3 Å². The highest BCUT2D eigenvalue weighted by Gasteiger charge is 2.34. The maximum atomic E-state index is 13.5. The summed E-state index contributed by atoms with van der Waals surface area (Å²) in [5, 5.41) is 11.7. The number of nitrogens with zero attached hydrogens (tertiary/aromatic N) is 1. The summed E-state index contributed by atoms with van der Waals surface area (Å²) in [5.74, 6) is -0.394. The van der Waals surface area contributed by atoms with Gasteiger partial charge in [0.15, 0.2) is 0 Å². The third-order valence-corrected chi connectivity index (χ3v) is 5.78. The third-order valence-electron chi connectivity index (χ3n) is 5.78. The van der Waals surface area contributed by atoms with Gasteiger partial charge in [-0.05, 0) is 60.9 Å². The molecule has 3 aromatic carbocycles. The fraction of sp³-hybridized carbons (Fsp3) is 0.160. The Bertz CT molecular complexity index is 1310. The van der Waals surface area contributed by atoms with E-state index in [0.717, 1.165) is 28.8 Å². The fourth-order valence-electron chi connectivity index (χ4n) is 4.34. The number of anilines is 1. The normalized spacial score (nSPS) is 15.9. The molecule has 1 atom stereocenters. The summed E-state index contributed by atoms with van der Waals surface area (Å²) >= 11 is 0. The van der Waals surface area contributed by atoms with Crippen LogP contribution in [0.2, 0.25) is 0 Å². The van der Waals surface area contributed by atoms with Crippen LogP contribution in [-0.4, -0.2) is 11.7 Å². The number of aromatic hydroxyl groups is 1. The van der Waals surface area contributed by atoms with Gasteiger partial charge in [0.25, 0.3) is 0 Å². The van der Waals surface area contributed by atoms with Crippen molar-refractivity contribution < 1.29 is 13.9 Å². The van der Waals surface area contributed by atoms with Crippen molar-refractivity contribution in [3.8, 4) is 5.75 Å². The molecule has 4 nitrogen and oxygen atoms in total. The van der Waals surface area contributed by atoms with Gasteiger partial charge in [0.2, 0.25) is 0 Å². The lowest BCUT2D eigenvalue weighted by molar-refractivity contribution is 0.446. The van der Waals surface area contributed by atoms with E-state index in [1.165, 1.54) is 12.1 Å². The molecule has 1 unspecified atom stereocenters. The maximum Gasteiger partial charge on any atom is 0.345 e. The van der Waals surface area contributed by atoms with Crippen LogP contribution in [0.5, 0.6) is 5.75 Å². The highest BCUT2D eigenvalue weighted by atomic mass is 19.1. The molecule has 0 fully saturated rings. The van der Waals surface area contributed by atoms with Crippen molar-refractivity contribution in [2.45, 2.75) is 19.4 Å². The van der Waals surface area contributed by atoms with E-state index in [9.17, 15) is 14.3 Å². The molecule has 0 bridgehead atoms. The van der Waals surface area contributed by atoms with E-state index in [4.69, 9.17) is 4.42 Å². The Morgan fingerprint density at radius 3 is 2.63 bits per heavy atom. The minimum Gasteiger partial charge on any atom is -0.507 e. The molecule has 1 N–H and O–H groups in total. The lowest BCUT2D eigenvalue weighted by Gasteiger charge is -2.39. The first kappa shape index (κ1) is 18.4. The predicted molar refractivity (Wildman–Crippen MR) is 115 cm³/mol. The summed E-state index contributed by atoms with van der Waals surface area (Å²) in [6.07, 6.45) is 0.781. The van der Waals surface area contributed by atoms with Gasteiger partial charge in [-0.15, -0.1) is 0 Å². The predicted octanol–water partition coefficient (Wildman–Crippen LogP) is 5.10. The first-order chi connectivity index (χ1) is 14.5. The molecule has 0 radical (unpaired) electrons. The Balaban J connectivity index is 1.78. The molecule has 0 spiro atoms. The minimum absolute atomic E-state index is 0.0706. The highest BCUT2D eigenvalue weighted by Crippen LogP contribution is 2.42. The number of hydrogen-bond acceptors (Lipinski definition) is 4. The van der Waals surface area contributed by atoms with Crippen molar-refractivity contribution in [1.29, 1.82) is 0 Å². The van der Waals surface area contributed by atoms with Crippen molar-refractivity contribution in [3.05, 3.63) is 105 Å². The van der Waals surface area contributed by atoms with Crippen molar-refractivity contribution in [2.24, 2.45) is 0 Å². The Morgan fingerprint density at radius 1 is 1.07 bits per heavy atom. The van der Waals surface area contributed by atoms with Gasteiger partial charge in [-0.3, -0.25) is 0 Å². The van der Waals surface area contributed by atoms with E-state index in [1.54, 1.807) is 18.2 Å². The SMILES string of the molecule is Cc1ccc2oc(=O)c(C3c4ccccc4CCN3c3ccc(F)cc3)c(O)c2c1. The lowest BCUT2D eigenvalue weighted by Crippen LogP contribution is -2.38. The lowest BCUT2D eigenvalue weighted by atomic mass is 9.87. The maximum absolute atomic E-state index is 13.5. The zero-order chi connectivity index (χ0) is 20.8. The molecule has 1 aliphatic rings. The Labute approximate surface area is 172 Å². The fourth-order valence-corrected chi connectivity index (χ4v) is 4.34. The van der Waals surface area contributed by atoms with Crippen LogP contribution < -0.4 is 10.5 Å². The molecule has 1 aliphatic heterocycles. The van der Waals surface area contributed by atoms with Gasteiger partial charge in [0, 0.05) is 12.2 Å². The Hall–Kier alpha value is -3.60. The van der Waals surface area contributed by atoms with Gasteiger partial charge in [0.05, 0.1) is 11.4 Å². The number of hydrogen-bond donors (Lipinski definition) is 1. The number of fused-ring (bicyclic) bond motifs is 2. The summed E-state index contributed by atoms with van der Waals surface area (Å²) in [5.41, 5.74) is 3.76. The summed E-state index contributed by atoms with van der Waals surface area (Å²) in [6.45, 7) is 2.54. The zero-order valence-corrected chi connectivity index (χ0v) is 16.4. The van der Waals surface area contributed by atoms with Gasteiger partial charge in [-0.1, -0.05) is 35.9 Å². The molecule has 0 amide bonds. The van der Waals surface area contributed by atoms with E-state index >= 15 is 0 Å². The second kappa shape index (κ2) is 7.02. The topological polar surface area (TPSA) is 53.7 Å². The van der Waals surface area contributed by atoms with Crippen LogP contribution in [0.25, 0.3) is 11.0 Å². The summed E-state index contributed by atoms with van der Waals surface area (Å²) < 4.78 is 19.1. The smallest absolute Gasteiger partial charge is 0.345 e. The quantitative estimate of drug-likeness (QED) is 0.475. The van der Waals surface area contributed by atoms with Crippen molar-refractivity contribution in [2.75, 3.05) is 11.4 Å². The van der Waals surface area contributed by atoms with Crippen molar-refractivity contribution >= 4 is 16.7 Å². The summed E-state index contributed by atoms with van der Waals surface area (Å²) in [7, 11) is 0. The third kappa shape index (κ3) is 2.94. The second-order valence-corrected chi connectivity index (χ2v) is 7.67. The molecule has 5 rings (SSSR count). The first-order valence-electron chi connectivity index (χ1n) is 9.89. The van der Waals surface area contributed by atoms with Crippen LogP contribution in [0.15, 0.2) is 75.9 Å². The van der Waals surface area contributed by atoms with Crippen LogP contribution in [0, 0.1) is 12.7 Å². The van der Waals surface area contributed by atoms with Gasteiger partial charge < -0.3 is 14.4 Å². The standard InChI is InChI=1S/C25H20FNO3/c1-15-6-11-21-20(14-15)24(28)22(25(29)30-21)23-19-5-3-2-4-16(19)12-13-27(23)18-9-7-17(26)8-10-18/h2-11,14,23,28H,12-13H2,1H3. The van der Waals surface area contributed by atoms with Crippen LogP contribution in [0.3, 0.4) is 0 Å². The average molecular weight is 401 g/mol. The van der Waals surface area contributed by atoms with Gasteiger partial charge >= 0.3 is 5.63 Å². The second-order valence-electron chi connectivity index (χ2n) is 7.67.